The summed E-state index contributed by atoms with van der Waals surface area (Å²) in [4.78, 5) is 8.71. The number of rotatable bonds is 6. The Morgan fingerprint density at radius 1 is 1.30 bits per heavy atom. The summed E-state index contributed by atoms with van der Waals surface area (Å²) < 4.78 is 0. The molecule has 108 valence electrons. The molecule has 0 bridgehead atoms. The number of nitrogens with one attached hydrogen (secondary N) is 2. The van der Waals surface area contributed by atoms with Crippen molar-refractivity contribution in [1.82, 2.24) is 9.97 Å². The summed E-state index contributed by atoms with van der Waals surface area (Å²) in [5, 5.41) is 13.6. The molecule has 6 heteroatoms. The highest BCUT2D eigenvalue weighted by atomic mass is 16.3. The van der Waals surface area contributed by atoms with Crippen LogP contribution >= 0.6 is 0 Å². The van der Waals surface area contributed by atoms with Crippen LogP contribution in [0.5, 0.6) is 0 Å². The maximum atomic E-state index is 9.22. The van der Waals surface area contributed by atoms with Gasteiger partial charge in [-0.25, -0.2) is 10.8 Å². The quantitative estimate of drug-likeness (QED) is 0.475. The van der Waals surface area contributed by atoms with Crippen molar-refractivity contribution in [3.05, 3.63) is 24.3 Å². The molecule has 5 N–H and O–H groups in total. The maximum absolute atomic E-state index is 9.22. The Morgan fingerprint density at radius 3 is 2.70 bits per heavy atom. The smallest absolute Gasteiger partial charge is 0.239 e. The summed E-state index contributed by atoms with van der Waals surface area (Å²) in [6.45, 7) is 4.27. The fraction of sp³-hybridized carbons (Fsp3) is 0.429. The van der Waals surface area contributed by atoms with Gasteiger partial charge in [-0.2, -0.15) is 4.98 Å². The van der Waals surface area contributed by atoms with Crippen molar-refractivity contribution in [2.45, 2.75) is 32.2 Å². The standard InChI is InChI=1S/C14H21N5O/c1-3-14(2,8-9-20)18-12-10-6-4-5-7-11(10)16-13(17-12)19-15/h4-7,20H,3,8-9,15H2,1-2H3,(H2,16,17,18,19). The molecule has 2 rings (SSSR count). The number of hydrogen-bond acceptors (Lipinski definition) is 6. The summed E-state index contributed by atoms with van der Waals surface area (Å²) in [6, 6.07) is 7.75. The number of aliphatic hydroxyl groups is 1. The Balaban J connectivity index is 2.46. The molecular weight excluding hydrogens is 254 g/mol. The molecule has 1 aromatic carbocycles. The summed E-state index contributed by atoms with van der Waals surface area (Å²) in [6.07, 6.45) is 1.52. The minimum atomic E-state index is -0.224. The zero-order chi connectivity index (χ0) is 14.6. The normalized spacial score (nSPS) is 14.0. The van der Waals surface area contributed by atoms with Crippen molar-refractivity contribution in [1.29, 1.82) is 0 Å². The third kappa shape index (κ3) is 2.97. The lowest BCUT2D eigenvalue weighted by atomic mass is 9.94. The first kappa shape index (κ1) is 14.5. The molecule has 0 saturated carbocycles. The van der Waals surface area contributed by atoms with Crippen LogP contribution < -0.4 is 16.6 Å². The van der Waals surface area contributed by atoms with Crippen LogP contribution in [0, 0.1) is 0 Å². The number of nitrogens with two attached hydrogens (primary N) is 1. The first-order valence-electron chi connectivity index (χ1n) is 6.74. The summed E-state index contributed by atoms with van der Waals surface area (Å²) in [7, 11) is 0. The predicted molar refractivity (Wildman–Crippen MR) is 81.4 cm³/mol. The average molecular weight is 275 g/mol. The molecule has 2 aromatic rings. The van der Waals surface area contributed by atoms with E-state index >= 15 is 0 Å². The van der Waals surface area contributed by atoms with Crippen LogP contribution in [0.3, 0.4) is 0 Å². The maximum Gasteiger partial charge on any atom is 0.239 e. The second kappa shape index (κ2) is 6.02. The van der Waals surface area contributed by atoms with Gasteiger partial charge in [-0.05, 0) is 31.9 Å². The predicted octanol–water partition coefficient (Wildman–Crippen LogP) is 1.88. The highest BCUT2D eigenvalue weighted by Gasteiger charge is 2.23. The molecule has 0 aliphatic heterocycles. The van der Waals surface area contributed by atoms with Gasteiger partial charge in [0.2, 0.25) is 5.95 Å². The molecule has 1 aromatic heterocycles. The number of aliphatic hydroxyl groups excluding tert-OH is 1. The van der Waals surface area contributed by atoms with Crippen molar-refractivity contribution in [2.75, 3.05) is 17.3 Å². The van der Waals surface area contributed by atoms with E-state index in [0.29, 0.717) is 12.4 Å². The van der Waals surface area contributed by atoms with E-state index in [-0.39, 0.29) is 12.1 Å². The SMILES string of the molecule is CCC(C)(CCO)Nc1nc(NN)nc2ccccc12. The second-order valence-corrected chi connectivity index (χ2v) is 5.07. The van der Waals surface area contributed by atoms with E-state index in [9.17, 15) is 5.11 Å². The number of para-hydroxylation sites is 1. The Hall–Kier alpha value is -1.92. The second-order valence-electron chi connectivity index (χ2n) is 5.07. The van der Waals surface area contributed by atoms with Gasteiger partial charge in [0.15, 0.2) is 0 Å². The molecule has 0 aliphatic rings. The van der Waals surface area contributed by atoms with E-state index in [2.05, 4.69) is 34.6 Å². The lowest BCUT2D eigenvalue weighted by Gasteiger charge is -2.30. The minimum absolute atomic E-state index is 0.127. The fourth-order valence-electron chi connectivity index (χ4n) is 2.10. The van der Waals surface area contributed by atoms with Crippen molar-refractivity contribution >= 4 is 22.7 Å². The van der Waals surface area contributed by atoms with E-state index in [1.54, 1.807) is 0 Å². The van der Waals surface area contributed by atoms with E-state index in [1.165, 1.54) is 0 Å². The third-order valence-corrected chi connectivity index (χ3v) is 3.60. The van der Waals surface area contributed by atoms with Gasteiger partial charge in [-0.3, -0.25) is 5.43 Å². The van der Waals surface area contributed by atoms with Crippen molar-refractivity contribution in [3.8, 4) is 0 Å². The highest BCUT2D eigenvalue weighted by Crippen LogP contribution is 2.27. The number of nitrogens with zero attached hydrogens (tertiary/aromatic N) is 2. The van der Waals surface area contributed by atoms with Crippen LogP contribution in [0.2, 0.25) is 0 Å². The van der Waals surface area contributed by atoms with Gasteiger partial charge < -0.3 is 10.4 Å². The van der Waals surface area contributed by atoms with E-state index < -0.39 is 0 Å². The van der Waals surface area contributed by atoms with Gasteiger partial charge in [-0.15, -0.1) is 0 Å². The minimum Gasteiger partial charge on any atom is -0.396 e. The largest absolute Gasteiger partial charge is 0.396 e. The van der Waals surface area contributed by atoms with E-state index in [4.69, 9.17) is 5.84 Å². The molecule has 0 fully saturated rings. The number of hydrazine groups is 1. The molecule has 20 heavy (non-hydrogen) atoms. The molecule has 6 nitrogen and oxygen atoms in total. The highest BCUT2D eigenvalue weighted by molar-refractivity contribution is 5.90. The van der Waals surface area contributed by atoms with Gasteiger partial charge in [0.25, 0.3) is 0 Å². The van der Waals surface area contributed by atoms with Crippen LogP contribution in [0.15, 0.2) is 24.3 Å². The molecule has 0 saturated heterocycles. The van der Waals surface area contributed by atoms with Gasteiger partial charge in [0.1, 0.15) is 5.82 Å². The average Bonchev–Trinajstić information content (AvgIpc) is 2.47. The first-order valence-corrected chi connectivity index (χ1v) is 6.74. The first-order chi connectivity index (χ1) is 9.61. The number of benzene rings is 1. The topological polar surface area (TPSA) is 96.1 Å². The Labute approximate surface area is 118 Å². The lowest BCUT2D eigenvalue weighted by Crippen LogP contribution is -2.35. The van der Waals surface area contributed by atoms with Crippen LogP contribution in [-0.2, 0) is 0 Å². The number of aromatic nitrogens is 2. The number of fused-ring (bicyclic) bond motifs is 1. The number of hydrogen-bond donors (Lipinski definition) is 4. The van der Waals surface area contributed by atoms with Crippen LogP contribution in [0.4, 0.5) is 11.8 Å². The van der Waals surface area contributed by atoms with Crippen molar-refractivity contribution < 1.29 is 5.11 Å². The molecule has 1 atom stereocenters. The molecule has 0 spiro atoms. The molecule has 1 unspecified atom stereocenters. The number of anilines is 2. The summed E-state index contributed by atoms with van der Waals surface area (Å²) in [5.41, 5.74) is 3.08. The fourth-order valence-corrected chi connectivity index (χ4v) is 2.10. The third-order valence-electron chi connectivity index (χ3n) is 3.60. The van der Waals surface area contributed by atoms with Gasteiger partial charge in [-0.1, -0.05) is 19.1 Å². The number of nitrogen functional groups attached to an aromatic ring is 1. The van der Waals surface area contributed by atoms with Gasteiger partial charge >= 0.3 is 0 Å². The lowest BCUT2D eigenvalue weighted by molar-refractivity contribution is 0.252. The van der Waals surface area contributed by atoms with Crippen LogP contribution in [0.25, 0.3) is 10.9 Å². The molecule has 0 aliphatic carbocycles. The van der Waals surface area contributed by atoms with Crippen molar-refractivity contribution in [2.24, 2.45) is 5.84 Å². The Kier molecular flexibility index (Phi) is 4.36. The van der Waals surface area contributed by atoms with E-state index in [0.717, 1.165) is 23.1 Å². The monoisotopic (exact) mass is 275 g/mol. The van der Waals surface area contributed by atoms with Gasteiger partial charge in [0.05, 0.1) is 5.52 Å². The van der Waals surface area contributed by atoms with Crippen LogP contribution in [-0.4, -0.2) is 27.2 Å². The zero-order valence-electron chi connectivity index (χ0n) is 11.8. The van der Waals surface area contributed by atoms with Crippen molar-refractivity contribution in [3.63, 3.8) is 0 Å². The molecule has 0 amide bonds. The van der Waals surface area contributed by atoms with Gasteiger partial charge in [0, 0.05) is 17.5 Å². The zero-order valence-corrected chi connectivity index (χ0v) is 11.8. The van der Waals surface area contributed by atoms with Crippen LogP contribution in [0.1, 0.15) is 26.7 Å². The Morgan fingerprint density at radius 2 is 2.05 bits per heavy atom. The molecule has 1 heterocycles. The molecular formula is C14H21N5O. The Bertz CT molecular complexity index is 589. The summed E-state index contributed by atoms with van der Waals surface area (Å²) in [5.74, 6) is 6.51. The van der Waals surface area contributed by atoms with E-state index in [1.807, 2.05) is 24.3 Å². The summed E-state index contributed by atoms with van der Waals surface area (Å²) >= 11 is 0. The molecule has 0 radical (unpaired) electrons.